The predicted octanol–water partition coefficient (Wildman–Crippen LogP) is 3.95. The normalized spacial score (nSPS) is 10.6. The maximum atomic E-state index is 12.1. The third kappa shape index (κ3) is 5.01. The van der Waals surface area contributed by atoms with E-state index in [9.17, 15) is 9.59 Å². The Morgan fingerprint density at radius 3 is 2.96 bits per heavy atom. The minimum atomic E-state index is -0.302. The fourth-order valence-electron chi connectivity index (χ4n) is 2.23. The molecule has 0 saturated heterocycles. The van der Waals surface area contributed by atoms with E-state index in [2.05, 4.69) is 26.2 Å². The summed E-state index contributed by atoms with van der Waals surface area (Å²) in [5.41, 5.74) is 0.842. The van der Waals surface area contributed by atoms with Crippen molar-refractivity contribution >= 4 is 49.9 Å². The predicted molar refractivity (Wildman–Crippen MR) is 103 cm³/mol. The van der Waals surface area contributed by atoms with E-state index in [1.54, 1.807) is 18.5 Å². The summed E-state index contributed by atoms with van der Waals surface area (Å²) in [5, 5.41) is 3.92. The highest BCUT2D eigenvalue weighted by Gasteiger charge is 2.09. The summed E-state index contributed by atoms with van der Waals surface area (Å²) in [4.78, 5) is 29.1. The van der Waals surface area contributed by atoms with Gasteiger partial charge in [-0.05, 0) is 39.7 Å². The number of nitrogens with one attached hydrogen (secondary N) is 1. The van der Waals surface area contributed by atoms with Crippen molar-refractivity contribution in [1.82, 2.24) is 9.55 Å². The number of benzene rings is 1. The molecule has 3 aromatic rings. The quantitative estimate of drug-likeness (QED) is 0.656. The molecule has 1 amide bonds. The Bertz CT molecular complexity index is 970. The number of nitrogens with zero attached hydrogens (tertiary/aromatic N) is 2. The van der Waals surface area contributed by atoms with E-state index in [1.165, 1.54) is 22.0 Å². The number of carbonyl (C=O) groups is 1. The van der Waals surface area contributed by atoms with Gasteiger partial charge in [0.15, 0.2) is 5.13 Å². The van der Waals surface area contributed by atoms with E-state index in [0.717, 1.165) is 14.9 Å². The van der Waals surface area contributed by atoms with Crippen LogP contribution >= 0.6 is 38.9 Å². The second-order valence-electron chi connectivity index (χ2n) is 5.30. The minimum Gasteiger partial charge on any atom is -0.305 e. The molecule has 0 saturated carbocycles. The van der Waals surface area contributed by atoms with Gasteiger partial charge < -0.3 is 9.88 Å². The number of carbonyl (C=O) groups excluding carboxylic acids is 1. The van der Waals surface area contributed by atoms with Crippen molar-refractivity contribution < 1.29 is 4.79 Å². The molecule has 0 unspecified atom stereocenters. The second kappa shape index (κ2) is 7.95. The standard InChI is InChI=1S/C17H13BrClN3O2S/c18-12-4-5-16(24)22(9-12)10-15(23)21-17-20-8-14(25-17)7-11-2-1-3-13(19)6-11/h1-6,8-9H,7,10H2,(H,20,21,23). The zero-order chi connectivity index (χ0) is 17.8. The van der Waals surface area contributed by atoms with Gasteiger partial charge in [0.25, 0.3) is 5.56 Å². The van der Waals surface area contributed by atoms with E-state index in [4.69, 9.17) is 11.6 Å². The lowest BCUT2D eigenvalue weighted by molar-refractivity contribution is -0.116. The third-order valence-corrected chi connectivity index (χ3v) is 4.95. The van der Waals surface area contributed by atoms with Crippen molar-refractivity contribution in [2.75, 3.05) is 5.32 Å². The van der Waals surface area contributed by atoms with Crippen LogP contribution in [0.2, 0.25) is 5.02 Å². The van der Waals surface area contributed by atoms with Crippen LogP contribution in [0.5, 0.6) is 0 Å². The first-order chi connectivity index (χ1) is 12.0. The van der Waals surface area contributed by atoms with Crippen LogP contribution < -0.4 is 10.9 Å². The maximum Gasteiger partial charge on any atom is 0.251 e. The maximum absolute atomic E-state index is 12.1. The largest absolute Gasteiger partial charge is 0.305 e. The SMILES string of the molecule is O=C(Cn1cc(Br)ccc1=O)Nc1ncc(Cc2cccc(Cl)c2)s1. The highest BCUT2D eigenvalue weighted by Crippen LogP contribution is 2.22. The third-order valence-electron chi connectivity index (χ3n) is 3.33. The Hall–Kier alpha value is -1.96. The molecule has 25 heavy (non-hydrogen) atoms. The van der Waals surface area contributed by atoms with Crippen LogP contribution in [0.3, 0.4) is 0 Å². The number of pyridine rings is 1. The number of halogens is 2. The lowest BCUT2D eigenvalue weighted by Crippen LogP contribution is -2.26. The Labute approximate surface area is 161 Å². The Morgan fingerprint density at radius 1 is 1.32 bits per heavy atom. The highest BCUT2D eigenvalue weighted by atomic mass is 79.9. The number of anilines is 1. The smallest absolute Gasteiger partial charge is 0.251 e. The van der Waals surface area contributed by atoms with Crippen molar-refractivity contribution in [1.29, 1.82) is 0 Å². The van der Waals surface area contributed by atoms with Crippen molar-refractivity contribution in [3.63, 3.8) is 0 Å². The number of hydrogen-bond acceptors (Lipinski definition) is 4. The lowest BCUT2D eigenvalue weighted by atomic mass is 10.1. The summed E-state index contributed by atoms with van der Waals surface area (Å²) in [6.45, 7) is -0.0680. The zero-order valence-electron chi connectivity index (χ0n) is 12.9. The van der Waals surface area contributed by atoms with Crippen LogP contribution in [-0.2, 0) is 17.8 Å². The summed E-state index contributed by atoms with van der Waals surface area (Å²) in [7, 11) is 0. The van der Waals surface area contributed by atoms with Crippen molar-refractivity contribution in [2.24, 2.45) is 0 Å². The number of amides is 1. The van der Waals surface area contributed by atoms with Gasteiger partial charge in [-0.25, -0.2) is 4.98 Å². The molecule has 0 spiro atoms. The Kier molecular flexibility index (Phi) is 5.67. The van der Waals surface area contributed by atoms with Gasteiger partial charge in [0, 0.05) is 39.3 Å². The van der Waals surface area contributed by atoms with Gasteiger partial charge >= 0.3 is 0 Å². The molecule has 0 fully saturated rings. The number of hydrogen-bond donors (Lipinski definition) is 1. The molecule has 3 rings (SSSR count). The van der Waals surface area contributed by atoms with Crippen LogP contribution in [0.1, 0.15) is 10.4 Å². The van der Waals surface area contributed by atoms with Crippen LogP contribution in [0.25, 0.3) is 0 Å². The fraction of sp³-hybridized carbons (Fsp3) is 0.118. The molecule has 1 aromatic carbocycles. The second-order valence-corrected chi connectivity index (χ2v) is 7.77. The summed E-state index contributed by atoms with van der Waals surface area (Å²) in [6.07, 6.45) is 4.00. The average molecular weight is 439 g/mol. The van der Waals surface area contributed by atoms with Gasteiger partial charge in [-0.1, -0.05) is 23.7 Å². The molecule has 0 aliphatic carbocycles. The molecule has 2 aromatic heterocycles. The van der Waals surface area contributed by atoms with E-state index < -0.39 is 0 Å². The van der Waals surface area contributed by atoms with Gasteiger partial charge in [0.1, 0.15) is 6.54 Å². The zero-order valence-corrected chi connectivity index (χ0v) is 16.1. The molecular formula is C17H13BrClN3O2S. The van der Waals surface area contributed by atoms with Gasteiger partial charge in [-0.2, -0.15) is 0 Å². The topological polar surface area (TPSA) is 64.0 Å². The molecule has 0 aliphatic rings. The van der Waals surface area contributed by atoms with Crippen LogP contribution in [0.15, 0.2) is 58.1 Å². The summed E-state index contributed by atoms with van der Waals surface area (Å²) >= 11 is 10.7. The molecule has 0 radical (unpaired) electrons. The summed E-state index contributed by atoms with van der Waals surface area (Å²) in [5.74, 6) is -0.302. The van der Waals surface area contributed by atoms with E-state index in [-0.39, 0.29) is 18.0 Å². The summed E-state index contributed by atoms with van der Waals surface area (Å²) < 4.78 is 2.07. The van der Waals surface area contributed by atoms with Crippen LogP contribution in [0.4, 0.5) is 5.13 Å². The monoisotopic (exact) mass is 437 g/mol. The van der Waals surface area contributed by atoms with Crippen molar-refractivity contribution in [3.8, 4) is 0 Å². The molecule has 1 N–H and O–H groups in total. The molecule has 5 nitrogen and oxygen atoms in total. The van der Waals surface area contributed by atoms with Crippen LogP contribution in [-0.4, -0.2) is 15.5 Å². The fourth-order valence-corrected chi connectivity index (χ4v) is 3.69. The van der Waals surface area contributed by atoms with Crippen molar-refractivity contribution in [2.45, 2.75) is 13.0 Å². The van der Waals surface area contributed by atoms with Gasteiger partial charge in [0.2, 0.25) is 5.91 Å². The lowest BCUT2D eigenvalue weighted by Gasteiger charge is -2.05. The van der Waals surface area contributed by atoms with Crippen LogP contribution in [0, 0.1) is 0 Å². The number of thiazole rings is 1. The summed E-state index contributed by atoms with van der Waals surface area (Å²) in [6, 6.07) is 10.7. The first-order valence-corrected chi connectivity index (χ1v) is 9.33. The van der Waals surface area contributed by atoms with Gasteiger partial charge in [-0.3, -0.25) is 9.59 Å². The number of rotatable bonds is 5. The van der Waals surface area contributed by atoms with Gasteiger partial charge in [0.05, 0.1) is 0 Å². The Balaban J connectivity index is 1.63. The molecule has 128 valence electrons. The van der Waals surface area contributed by atoms with E-state index >= 15 is 0 Å². The molecule has 8 heteroatoms. The van der Waals surface area contributed by atoms with E-state index in [0.29, 0.717) is 16.6 Å². The number of aromatic nitrogens is 2. The molecule has 0 aliphatic heterocycles. The first kappa shape index (κ1) is 17.8. The van der Waals surface area contributed by atoms with Crippen molar-refractivity contribution in [3.05, 3.63) is 79.1 Å². The Morgan fingerprint density at radius 2 is 2.16 bits per heavy atom. The molecule has 2 heterocycles. The molecule has 0 atom stereocenters. The highest BCUT2D eigenvalue weighted by molar-refractivity contribution is 9.10. The molecular weight excluding hydrogens is 426 g/mol. The van der Waals surface area contributed by atoms with E-state index in [1.807, 2.05) is 24.3 Å². The average Bonchev–Trinajstić information content (AvgIpc) is 2.97. The molecule has 0 bridgehead atoms. The van der Waals surface area contributed by atoms with Gasteiger partial charge in [-0.15, -0.1) is 11.3 Å². The minimum absolute atomic E-state index is 0.0680. The first-order valence-electron chi connectivity index (χ1n) is 7.34.